The minimum atomic E-state index is -0.971. The van der Waals surface area contributed by atoms with E-state index in [1.807, 2.05) is 25.1 Å². The molecule has 114 valence electrons. The second kappa shape index (κ2) is 5.38. The number of aromatic nitrogens is 1. The number of benzene rings is 1. The third-order valence-electron chi connectivity index (χ3n) is 3.40. The van der Waals surface area contributed by atoms with E-state index >= 15 is 0 Å². The smallest absolute Gasteiger partial charge is 0.253 e. The average Bonchev–Trinajstić information content (AvgIpc) is 2.94. The SMILES string of the molecule is Cc1ccc2nc(NC(=O)CC3C(=O)NN(C)C3=O)sc2c1. The van der Waals surface area contributed by atoms with Gasteiger partial charge in [0, 0.05) is 13.5 Å². The van der Waals surface area contributed by atoms with E-state index in [2.05, 4.69) is 15.7 Å². The second-order valence-corrected chi connectivity index (χ2v) is 6.20. The number of thiazole rings is 1. The van der Waals surface area contributed by atoms with Gasteiger partial charge in [-0.25, -0.2) is 4.98 Å². The number of rotatable bonds is 3. The Labute approximate surface area is 130 Å². The standard InChI is InChI=1S/C14H14N4O3S/c1-7-3-4-9-10(5-7)22-14(15-9)16-11(19)6-8-12(20)17-18(2)13(8)21/h3-5,8H,6H2,1-2H3,(H,17,20)(H,15,16,19). The number of hydrogen-bond acceptors (Lipinski definition) is 5. The molecule has 22 heavy (non-hydrogen) atoms. The van der Waals surface area contributed by atoms with Crippen molar-refractivity contribution in [3.05, 3.63) is 23.8 Å². The van der Waals surface area contributed by atoms with E-state index in [1.165, 1.54) is 18.4 Å². The summed E-state index contributed by atoms with van der Waals surface area (Å²) in [5.74, 6) is -2.23. The van der Waals surface area contributed by atoms with Gasteiger partial charge in [0.2, 0.25) is 5.91 Å². The molecule has 1 saturated heterocycles. The maximum atomic E-state index is 12.0. The van der Waals surface area contributed by atoms with Crippen LogP contribution in [0.4, 0.5) is 5.13 Å². The van der Waals surface area contributed by atoms with Gasteiger partial charge >= 0.3 is 0 Å². The summed E-state index contributed by atoms with van der Waals surface area (Å²) in [6, 6.07) is 5.83. The molecule has 7 nitrogen and oxygen atoms in total. The van der Waals surface area contributed by atoms with Crippen molar-refractivity contribution in [3.8, 4) is 0 Å². The monoisotopic (exact) mass is 318 g/mol. The summed E-state index contributed by atoms with van der Waals surface area (Å²) in [6.45, 7) is 1.98. The number of anilines is 1. The first kappa shape index (κ1) is 14.5. The molecule has 0 spiro atoms. The number of nitrogens with one attached hydrogen (secondary N) is 2. The molecule has 1 aromatic carbocycles. The maximum absolute atomic E-state index is 12.0. The van der Waals surface area contributed by atoms with E-state index in [1.54, 1.807) is 0 Å². The molecule has 1 fully saturated rings. The van der Waals surface area contributed by atoms with Gasteiger partial charge in [0.05, 0.1) is 10.2 Å². The number of carbonyl (C=O) groups is 3. The predicted molar refractivity (Wildman–Crippen MR) is 82.0 cm³/mol. The quantitative estimate of drug-likeness (QED) is 0.828. The minimum Gasteiger partial charge on any atom is -0.302 e. The van der Waals surface area contributed by atoms with Gasteiger partial charge in [0.15, 0.2) is 5.13 Å². The fraction of sp³-hybridized carbons (Fsp3) is 0.286. The normalized spacial score (nSPS) is 17.9. The van der Waals surface area contributed by atoms with Crippen LogP contribution in [0.15, 0.2) is 18.2 Å². The molecule has 1 aliphatic heterocycles. The second-order valence-electron chi connectivity index (χ2n) is 5.17. The van der Waals surface area contributed by atoms with Crippen LogP contribution in [0.5, 0.6) is 0 Å². The Morgan fingerprint density at radius 1 is 1.45 bits per heavy atom. The Bertz CT molecular complexity index is 785. The van der Waals surface area contributed by atoms with Crippen LogP contribution in [0, 0.1) is 12.8 Å². The van der Waals surface area contributed by atoms with Crippen LogP contribution in [-0.2, 0) is 14.4 Å². The van der Waals surface area contributed by atoms with Gasteiger partial charge in [-0.1, -0.05) is 17.4 Å². The first-order valence-corrected chi connectivity index (χ1v) is 7.51. The zero-order valence-electron chi connectivity index (χ0n) is 12.0. The zero-order chi connectivity index (χ0) is 15.9. The Balaban J connectivity index is 1.70. The Morgan fingerprint density at radius 3 is 2.91 bits per heavy atom. The molecule has 3 rings (SSSR count). The van der Waals surface area contributed by atoms with Crippen LogP contribution in [0.2, 0.25) is 0 Å². The van der Waals surface area contributed by atoms with Crippen molar-refractivity contribution in [1.82, 2.24) is 15.4 Å². The Kier molecular flexibility index (Phi) is 3.53. The molecular formula is C14H14N4O3S. The molecule has 8 heteroatoms. The number of nitrogens with zero attached hydrogens (tertiary/aromatic N) is 2. The molecule has 0 aliphatic carbocycles. The van der Waals surface area contributed by atoms with Crippen molar-refractivity contribution in [2.45, 2.75) is 13.3 Å². The summed E-state index contributed by atoms with van der Waals surface area (Å²) in [5, 5.41) is 4.21. The maximum Gasteiger partial charge on any atom is 0.253 e. The van der Waals surface area contributed by atoms with Gasteiger partial charge in [0.1, 0.15) is 5.92 Å². The molecular weight excluding hydrogens is 304 g/mol. The molecule has 1 atom stereocenters. The van der Waals surface area contributed by atoms with Crippen molar-refractivity contribution in [2.75, 3.05) is 12.4 Å². The van der Waals surface area contributed by atoms with Crippen LogP contribution < -0.4 is 10.7 Å². The van der Waals surface area contributed by atoms with Gasteiger partial charge in [-0.2, -0.15) is 0 Å². The van der Waals surface area contributed by atoms with Crippen LogP contribution >= 0.6 is 11.3 Å². The molecule has 3 amide bonds. The van der Waals surface area contributed by atoms with Gasteiger partial charge < -0.3 is 5.32 Å². The van der Waals surface area contributed by atoms with E-state index in [-0.39, 0.29) is 6.42 Å². The number of amides is 3. The molecule has 2 N–H and O–H groups in total. The summed E-state index contributed by atoms with van der Waals surface area (Å²) in [5.41, 5.74) is 4.29. The van der Waals surface area contributed by atoms with E-state index in [0.29, 0.717) is 5.13 Å². The third kappa shape index (κ3) is 2.64. The molecule has 0 bridgehead atoms. The summed E-state index contributed by atoms with van der Waals surface area (Å²) >= 11 is 1.36. The first-order valence-electron chi connectivity index (χ1n) is 6.69. The molecule has 1 aromatic heterocycles. The fourth-order valence-electron chi connectivity index (χ4n) is 2.27. The lowest BCUT2D eigenvalue weighted by Crippen LogP contribution is -2.31. The van der Waals surface area contributed by atoms with Crippen LogP contribution in [0.1, 0.15) is 12.0 Å². The van der Waals surface area contributed by atoms with Crippen molar-refractivity contribution < 1.29 is 14.4 Å². The minimum absolute atomic E-state index is 0.191. The number of fused-ring (bicyclic) bond motifs is 1. The zero-order valence-corrected chi connectivity index (χ0v) is 12.9. The lowest BCUT2D eigenvalue weighted by molar-refractivity contribution is -0.134. The molecule has 0 radical (unpaired) electrons. The average molecular weight is 318 g/mol. The highest BCUT2D eigenvalue weighted by atomic mass is 32.1. The number of hydrogen-bond donors (Lipinski definition) is 2. The molecule has 2 aromatic rings. The lowest BCUT2D eigenvalue weighted by Gasteiger charge is -2.06. The van der Waals surface area contributed by atoms with E-state index in [4.69, 9.17) is 0 Å². The Hall–Kier alpha value is -2.48. The molecule has 1 aliphatic rings. The van der Waals surface area contributed by atoms with Gasteiger partial charge in [0.25, 0.3) is 11.8 Å². The van der Waals surface area contributed by atoms with Gasteiger partial charge in [-0.3, -0.25) is 24.8 Å². The van der Waals surface area contributed by atoms with Gasteiger partial charge in [-0.15, -0.1) is 0 Å². The van der Waals surface area contributed by atoms with E-state index in [0.717, 1.165) is 20.8 Å². The van der Waals surface area contributed by atoms with Crippen molar-refractivity contribution in [2.24, 2.45) is 5.92 Å². The highest BCUT2D eigenvalue weighted by molar-refractivity contribution is 7.22. The first-order chi connectivity index (χ1) is 10.4. The molecule has 1 unspecified atom stereocenters. The number of carbonyl (C=O) groups excluding carboxylic acids is 3. The fourth-order valence-corrected chi connectivity index (χ4v) is 3.25. The third-order valence-corrected chi connectivity index (χ3v) is 4.34. The van der Waals surface area contributed by atoms with Gasteiger partial charge in [-0.05, 0) is 24.6 Å². The molecule has 2 heterocycles. The number of aryl methyl sites for hydroxylation is 1. The van der Waals surface area contributed by atoms with Crippen LogP contribution in [0.25, 0.3) is 10.2 Å². The highest BCUT2D eigenvalue weighted by Gasteiger charge is 2.38. The lowest BCUT2D eigenvalue weighted by atomic mass is 10.1. The summed E-state index contributed by atoms with van der Waals surface area (Å²) < 4.78 is 0.977. The van der Waals surface area contributed by atoms with Crippen molar-refractivity contribution in [3.63, 3.8) is 0 Å². The van der Waals surface area contributed by atoms with Crippen LogP contribution in [0.3, 0.4) is 0 Å². The van der Waals surface area contributed by atoms with E-state index < -0.39 is 23.6 Å². The highest BCUT2D eigenvalue weighted by Crippen LogP contribution is 2.27. The predicted octanol–water partition coefficient (Wildman–Crippen LogP) is 1.05. The number of hydrazine groups is 1. The van der Waals surface area contributed by atoms with E-state index in [9.17, 15) is 14.4 Å². The summed E-state index contributed by atoms with van der Waals surface area (Å²) in [7, 11) is 1.45. The topological polar surface area (TPSA) is 91.4 Å². The Morgan fingerprint density at radius 2 is 2.23 bits per heavy atom. The van der Waals surface area contributed by atoms with Crippen molar-refractivity contribution >= 4 is 44.4 Å². The molecule has 0 saturated carbocycles. The largest absolute Gasteiger partial charge is 0.302 e. The van der Waals surface area contributed by atoms with Crippen LogP contribution in [-0.4, -0.2) is 34.8 Å². The van der Waals surface area contributed by atoms with Crippen molar-refractivity contribution in [1.29, 1.82) is 0 Å². The summed E-state index contributed by atoms with van der Waals surface area (Å²) in [4.78, 5) is 39.7. The summed E-state index contributed by atoms with van der Waals surface area (Å²) in [6.07, 6.45) is -0.191.